The summed E-state index contributed by atoms with van der Waals surface area (Å²) in [6, 6.07) is 11.3. The normalized spacial score (nSPS) is 11.1. The average Bonchev–Trinajstić information content (AvgIpc) is 2.78. The average molecular weight is 259 g/mol. The summed E-state index contributed by atoms with van der Waals surface area (Å²) in [5.74, 6) is 0.722. The molecule has 2 aromatic rings. The molecular weight excluding hydrogens is 238 g/mol. The maximum atomic E-state index is 3.19. The third kappa shape index (κ3) is 3.44. The van der Waals surface area contributed by atoms with Gasteiger partial charge in [-0.1, -0.05) is 38.1 Å². The largest absolute Gasteiger partial charge is 0.316 e. The number of nitrogens with one attached hydrogen (secondary N) is 1. The van der Waals surface area contributed by atoms with Crippen LogP contribution in [0.2, 0.25) is 0 Å². The Morgan fingerprint density at radius 3 is 2.44 bits per heavy atom. The van der Waals surface area contributed by atoms with Crippen molar-refractivity contribution in [2.75, 3.05) is 7.05 Å². The highest BCUT2D eigenvalue weighted by atomic mass is 32.1. The number of rotatable bonds is 5. The maximum Gasteiger partial charge on any atom is 0.0346 e. The molecule has 0 saturated heterocycles. The highest BCUT2D eigenvalue weighted by molar-refractivity contribution is 7.13. The fourth-order valence-corrected chi connectivity index (χ4v) is 3.02. The standard InChI is InChI=1S/C16H21NS/c1-12(2)8-13-4-6-15(7-5-13)16-9-14(10-17-3)11-18-16/h4-7,9,11-12,17H,8,10H2,1-3H3. The first-order valence-corrected chi connectivity index (χ1v) is 7.38. The summed E-state index contributed by atoms with van der Waals surface area (Å²) in [7, 11) is 1.98. The molecule has 1 aromatic heterocycles. The van der Waals surface area contributed by atoms with Crippen molar-refractivity contribution in [1.29, 1.82) is 0 Å². The van der Waals surface area contributed by atoms with E-state index in [2.05, 4.69) is 54.9 Å². The van der Waals surface area contributed by atoms with E-state index in [0.29, 0.717) is 0 Å². The number of benzene rings is 1. The van der Waals surface area contributed by atoms with Crippen LogP contribution in [0.25, 0.3) is 10.4 Å². The zero-order chi connectivity index (χ0) is 13.0. The summed E-state index contributed by atoms with van der Waals surface area (Å²) >= 11 is 1.82. The molecule has 96 valence electrons. The molecule has 0 aliphatic heterocycles. The van der Waals surface area contributed by atoms with Crippen molar-refractivity contribution < 1.29 is 0 Å². The van der Waals surface area contributed by atoms with Gasteiger partial charge in [-0.05, 0) is 47.5 Å². The highest BCUT2D eigenvalue weighted by Gasteiger charge is 2.03. The van der Waals surface area contributed by atoms with Crippen molar-refractivity contribution in [2.24, 2.45) is 5.92 Å². The van der Waals surface area contributed by atoms with Crippen LogP contribution in [-0.2, 0) is 13.0 Å². The van der Waals surface area contributed by atoms with E-state index in [1.54, 1.807) is 0 Å². The third-order valence-electron chi connectivity index (χ3n) is 2.92. The van der Waals surface area contributed by atoms with Crippen LogP contribution < -0.4 is 5.32 Å². The van der Waals surface area contributed by atoms with Gasteiger partial charge in [0.25, 0.3) is 0 Å². The van der Waals surface area contributed by atoms with Gasteiger partial charge in [-0.25, -0.2) is 0 Å². The predicted molar refractivity (Wildman–Crippen MR) is 81.1 cm³/mol. The lowest BCUT2D eigenvalue weighted by Crippen LogP contribution is -2.03. The number of hydrogen-bond donors (Lipinski definition) is 1. The van der Waals surface area contributed by atoms with Crippen molar-refractivity contribution in [3.05, 3.63) is 46.8 Å². The van der Waals surface area contributed by atoms with Crippen LogP contribution in [0, 0.1) is 5.92 Å². The molecule has 0 amide bonds. The van der Waals surface area contributed by atoms with Gasteiger partial charge in [0.1, 0.15) is 0 Å². The van der Waals surface area contributed by atoms with Crippen LogP contribution in [0.15, 0.2) is 35.7 Å². The topological polar surface area (TPSA) is 12.0 Å². The summed E-state index contributed by atoms with van der Waals surface area (Å²) in [6.07, 6.45) is 1.16. The van der Waals surface area contributed by atoms with E-state index in [0.717, 1.165) is 18.9 Å². The van der Waals surface area contributed by atoms with Gasteiger partial charge in [0.2, 0.25) is 0 Å². The van der Waals surface area contributed by atoms with Gasteiger partial charge in [0, 0.05) is 11.4 Å². The third-order valence-corrected chi connectivity index (χ3v) is 3.95. The molecule has 1 N–H and O–H groups in total. The zero-order valence-electron chi connectivity index (χ0n) is 11.4. The SMILES string of the molecule is CNCc1csc(-c2ccc(CC(C)C)cc2)c1. The van der Waals surface area contributed by atoms with Gasteiger partial charge in [-0.3, -0.25) is 0 Å². The Morgan fingerprint density at radius 1 is 1.11 bits per heavy atom. The van der Waals surface area contributed by atoms with Crippen LogP contribution in [0.3, 0.4) is 0 Å². The molecule has 1 aromatic carbocycles. The Balaban J connectivity index is 2.12. The smallest absolute Gasteiger partial charge is 0.0346 e. The Morgan fingerprint density at radius 2 is 1.83 bits per heavy atom. The first kappa shape index (κ1) is 13.3. The zero-order valence-corrected chi connectivity index (χ0v) is 12.2. The quantitative estimate of drug-likeness (QED) is 0.842. The van der Waals surface area contributed by atoms with E-state index in [9.17, 15) is 0 Å². The van der Waals surface area contributed by atoms with E-state index in [1.165, 1.54) is 21.6 Å². The fourth-order valence-electron chi connectivity index (χ4n) is 2.10. The summed E-state index contributed by atoms with van der Waals surface area (Å²) in [5.41, 5.74) is 4.12. The minimum absolute atomic E-state index is 0.722. The molecule has 0 bridgehead atoms. The molecule has 0 saturated carbocycles. The van der Waals surface area contributed by atoms with Crippen molar-refractivity contribution >= 4 is 11.3 Å². The summed E-state index contributed by atoms with van der Waals surface area (Å²) < 4.78 is 0. The van der Waals surface area contributed by atoms with Gasteiger partial charge in [-0.2, -0.15) is 0 Å². The molecule has 0 spiro atoms. The Bertz CT molecular complexity index is 482. The fraction of sp³-hybridized carbons (Fsp3) is 0.375. The van der Waals surface area contributed by atoms with Gasteiger partial charge in [-0.15, -0.1) is 11.3 Å². The molecule has 1 heterocycles. The van der Waals surface area contributed by atoms with Crippen LogP contribution in [0.5, 0.6) is 0 Å². The van der Waals surface area contributed by atoms with Crippen molar-refractivity contribution in [3.63, 3.8) is 0 Å². The molecular formula is C16H21NS. The monoisotopic (exact) mass is 259 g/mol. The first-order chi connectivity index (χ1) is 8.69. The molecule has 0 atom stereocenters. The molecule has 0 radical (unpaired) electrons. The molecule has 18 heavy (non-hydrogen) atoms. The van der Waals surface area contributed by atoms with E-state index in [1.807, 2.05) is 18.4 Å². The highest BCUT2D eigenvalue weighted by Crippen LogP contribution is 2.27. The summed E-state index contributed by atoms with van der Waals surface area (Å²) in [6.45, 7) is 5.47. The first-order valence-electron chi connectivity index (χ1n) is 6.50. The Hall–Kier alpha value is -1.12. The van der Waals surface area contributed by atoms with Gasteiger partial charge in [0.15, 0.2) is 0 Å². The van der Waals surface area contributed by atoms with E-state index in [-0.39, 0.29) is 0 Å². The van der Waals surface area contributed by atoms with Gasteiger partial charge >= 0.3 is 0 Å². The molecule has 0 fully saturated rings. The van der Waals surface area contributed by atoms with Crippen LogP contribution in [0.1, 0.15) is 25.0 Å². The second kappa shape index (κ2) is 6.17. The van der Waals surface area contributed by atoms with Crippen molar-refractivity contribution in [3.8, 4) is 10.4 Å². The molecule has 0 aliphatic rings. The lowest BCUT2D eigenvalue weighted by Gasteiger charge is -2.05. The van der Waals surface area contributed by atoms with Crippen LogP contribution >= 0.6 is 11.3 Å². The van der Waals surface area contributed by atoms with Crippen LogP contribution in [-0.4, -0.2) is 7.05 Å². The molecule has 1 nitrogen and oxygen atoms in total. The predicted octanol–water partition coefficient (Wildman–Crippen LogP) is 4.33. The van der Waals surface area contributed by atoms with E-state index < -0.39 is 0 Å². The van der Waals surface area contributed by atoms with E-state index in [4.69, 9.17) is 0 Å². The minimum atomic E-state index is 0.722. The number of thiophene rings is 1. The van der Waals surface area contributed by atoms with Gasteiger partial charge in [0.05, 0.1) is 0 Å². The second-order valence-corrected chi connectivity index (χ2v) is 6.06. The number of hydrogen-bond acceptors (Lipinski definition) is 2. The Kier molecular flexibility index (Phi) is 4.56. The van der Waals surface area contributed by atoms with Gasteiger partial charge < -0.3 is 5.32 Å². The molecule has 2 heteroatoms. The summed E-state index contributed by atoms with van der Waals surface area (Å²) in [4.78, 5) is 1.36. The van der Waals surface area contributed by atoms with E-state index >= 15 is 0 Å². The molecule has 0 aliphatic carbocycles. The molecule has 2 rings (SSSR count). The lowest BCUT2D eigenvalue weighted by atomic mass is 10.0. The molecule has 0 unspecified atom stereocenters. The lowest BCUT2D eigenvalue weighted by molar-refractivity contribution is 0.647. The second-order valence-electron chi connectivity index (χ2n) is 5.14. The van der Waals surface area contributed by atoms with Crippen LogP contribution in [0.4, 0.5) is 0 Å². The Labute approximate surface area is 114 Å². The van der Waals surface area contributed by atoms with Crippen molar-refractivity contribution in [1.82, 2.24) is 5.32 Å². The minimum Gasteiger partial charge on any atom is -0.316 e. The maximum absolute atomic E-state index is 3.19. The summed E-state index contributed by atoms with van der Waals surface area (Å²) in [5, 5.41) is 5.42. The van der Waals surface area contributed by atoms with Crippen molar-refractivity contribution in [2.45, 2.75) is 26.8 Å².